The monoisotopic (exact) mass is 289 g/mol. The van der Waals surface area contributed by atoms with Crippen LogP contribution >= 0.6 is 0 Å². The number of nitrogen functional groups attached to an aromatic ring is 1. The number of anilines is 1. The lowest BCUT2D eigenvalue weighted by atomic mass is 9.70. The van der Waals surface area contributed by atoms with Gasteiger partial charge in [0.25, 0.3) is 0 Å². The maximum atomic E-state index is 12.4. The van der Waals surface area contributed by atoms with Crippen LogP contribution in [0.2, 0.25) is 0 Å². The summed E-state index contributed by atoms with van der Waals surface area (Å²) in [4.78, 5) is 12.4. The van der Waals surface area contributed by atoms with Gasteiger partial charge in [0.05, 0.1) is 0 Å². The predicted molar refractivity (Wildman–Crippen MR) is 81.0 cm³/mol. The zero-order valence-electron chi connectivity index (χ0n) is 12.8. The number of hydrogen-bond acceptors (Lipinski definition) is 4. The molecule has 3 N–H and O–H groups in total. The molecular formula is C17H23NO3. The zero-order valence-corrected chi connectivity index (χ0v) is 12.8. The summed E-state index contributed by atoms with van der Waals surface area (Å²) in [7, 11) is 0. The van der Waals surface area contributed by atoms with Gasteiger partial charge >= 0.3 is 5.97 Å². The second-order valence-corrected chi connectivity index (χ2v) is 7.28. The van der Waals surface area contributed by atoms with Gasteiger partial charge in [0, 0.05) is 11.1 Å². The first-order valence-electron chi connectivity index (χ1n) is 7.55. The number of aromatic hydroxyl groups is 1. The van der Waals surface area contributed by atoms with E-state index in [4.69, 9.17) is 10.5 Å². The Bertz CT molecular complexity index is 596. The highest BCUT2D eigenvalue weighted by Gasteiger charge is 2.62. The number of esters is 1. The van der Waals surface area contributed by atoms with E-state index in [0.717, 1.165) is 12.8 Å². The third-order valence-electron chi connectivity index (χ3n) is 6.20. The number of rotatable bonds is 2. The topological polar surface area (TPSA) is 72.5 Å². The Balaban J connectivity index is 1.82. The molecule has 1 aromatic rings. The largest absolute Gasteiger partial charge is 0.507 e. The molecule has 2 aliphatic rings. The Hall–Kier alpha value is -1.71. The van der Waals surface area contributed by atoms with Gasteiger partial charge in [-0.15, -0.1) is 0 Å². The Morgan fingerprint density at radius 3 is 2.67 bits per heavy atom. The van der Waals surface area contributed by atoms with Crippen molar-refractivity contribution in [3.05, 3.63) is 23.8 Å². The van der Waals surface area contributed by atoms with Crippen molar-refractivity contribution in [1.29, 1.82) is 0 Å². The Labute approximate surface area is 125 Å². The number of benzene rings is 1. The molecule has 2 fully saturated rings. The molecule has 2 bridgehead atoms. The summed E-state index contributed by atoms with van der Waals surface area (Å²) >= 11 is 0. The highest BCUT2D eigenvalue weighted by molar-refractivity contribution is 5.93. The van der Waals surface area contributed by atoms with Gasteiger partial charge in [-0.05, 0) is 48.8 Å². The van der Waals surface area contributed by atoms with E-state index in [1.807, 2.05) is 0 Å². The van der Waals surface area contributed by atoms with Gasteiger partial charge in [-0.3, -0.25) is 0 Å². The van der Waals surface area contributed by atoms with E-state index in [1.165, 1.54) is 18.6 Å². The molecule has 0 radical (unpaired) electrons. The minimum Gasteiger partial charge on any atom is -0.507 e. The standard InChI is InChI=1S/C17H23NO3/c1-16(2)10-6-7-17(16,3)14(8-10)21-15(20)12-9-11(18)4-5-13(12)19/h4-5,9-10,14,19H,6-8,18H2,1-3H3. The van der Waals surface area contributed by atoms with Crippen LogP contribution in [0.5, 0.6) is 5.75 Å². The molecule has 0 aliphatic heterocycles. The molecule has 0 saturated heterocycles. The SMILES string of the molecule is CC1(C)C2CCC1(C)C(OC(=O)c1cc(N)ccc1O)C2. The van der Waals surface area contributed by atoms with Crippen LogP contribution in [-0.4, -0.2) is 17.2 Å². The average Bonchev–Trinajstić information content (AvgIpc) is 2.74. The van der Waals surface area contributed by atoms with Crippen molar-refractivity contribution < 1.29 is 14.6 Å². The average molecular weight is 289 g/mol. The van der Waals surface area contributed by atoms with Crippen molar-refractivity contribution in [3.8, 4) is 5.75 Å². The Morgan fingerprint density at radius 1 is 1.38 bits per heavy atom. The minimum atomic E-state index is -0.477. The smallest absolute Gasteiger partial charge is 0.342 e. The van der Waals surface area contributed by atoms with Crippen LogP contribution in [0, 0.1) is 16.7 Å². The summed E-state index contributed by atoms with van der Waals surface area (Å²) in [5.41, 5.74) is 6.49. The quantitative estimate of drug-likeness (QED) is 0.497. The number of nitrogens with two attached hydrogens (primary N) is 1. The lowest BCUT2D eigenvalue weighted by molar-refractivity contribution is -0.0244. The van der Waals surface area contributed by atoms with Crippen molar-refractivity contribution in [1.82, 2.24) is 0 Å². The van der Waals surface area contributed by atoms with Crippen LogP contribution in [-0.2, 0) is 4.74 Å². The first kappa shape index (κ1) is 14.2. The second kappa shape index (κ2) is 4.39. The Morgan fingerprint density at radius 2 is 2.10 bits per heavy atom. The fourth-order valence-corrected chi connectivity index (χ4v) is 4.22. The molecule has 0 heterocycles. The fraction of sp³-hybridized carbons (Fsp3) is 0.588. The van der Waals surface area contributed by atoms with E-state index in [2.05, 4.69) is 20.8 Å². The molecular weight excluding hydrogens is 266 g/mol. The van der Waals surface area contributed by atoms with Gasteiger partial charge in [0.1, 0.15) is 17.4 Å². The molecule has 21 heavy (non-hydrogen) atoms. The van der Waals surface area contributed by atoms with E-state index in [0.29, 0.717) is 11.6 Å². The van der Waals surface area contributed by atoms with Gasteiger partial charge in [0.2, 0.25) is 0 Å². The highest BCUT2D eigenvalue weighted by atomic mass is 16.5. The number of phenolic OH excluding ortho intramolecular Hbond substituents is 1. The normalized spacial score (nSPS) is 33.1. The van der Waals surface area contributed by atoms with Gasteiger partial charge in [-0.25, -0.2) is 4.79 Å². The lowest BCUT2D eigenvalue weighted by Crippen LogP contribution is -2.38. The molecule has 3 atom stereocenters. The van der Waals surface area contributed by atoms with Crippen LogP contribution in [0.25, 0.3) is 0 Å². The molecule has 3 rings (SSSR count). The summed E-state index contributed by atoms with van der Waals surface area (Å²) in [5.74, 6) is 0.0471. The van der Waals surface area contributed by atoms with E-state index in [9.17, 15) is 9.90 Å². The van der Waals surface area contributed by atoms with Gasteiger partial charge in [-0.2, -0.15) is 0 Å². The van der Waals surface area contributed by atoms with Gasteiger partial charge in [0.15, 0.2) is 0 Å². The summed E-state index contributed by atoms with van der Waals surface area (Å²) in [6.45, 7) is 6.77. The first-order valence-corrected chi connectivity index (χ1v) is 7.55. The van der Waals surface area contributed by atoms with Crippen molar-refractivity contribution in [2.24, 2.45) is 16.7 Å². The first-order chi connectivity index (χ1) is 9.75. The van der Waals surface area contributed by atoms with Crippen molar-refractivity contribution in [2.75, 3.05) is 5.73 Å². The van der Waals surface area contributed by atoms with Crippen LogP contribution in [0.1, 0.15) is 50.4 Å². The van der Waals surface area contributed by atoms with E-state index >= 15 is 0 Å². The summed E-state index contributed by atoms with van der Waals surface area (Å²) in [5, 5.41) is 9.82. The fourth-order valence-electron chi connectivity index (χ4n) is 4.22. The zero-order chi connectivity index (χ0) is 15.4. The Kier molecular flexibility index (Phi) is 2.98. The van der Waals surface area contributed by atoms with E-state index < -0.39 is 5.97 Å². The van der Waals surface area contributed by atoms with Crippen LogP contribution in [0.3, 0.4) is 0 Å². The number of phenols is 1. The molecule has 0 spiro atoms. The molecule has 2 aliphatic carbocycles. The summed E-state index contributed by atoms with van der Waals surface area (Å²) < 4.78 is 5.75. The number of hydrogen-bond donors (Lipinski definition) is 2. The predicted octanol–water partition coefficient (Wildman–Crippen LogP) is 3.35. The number of carbonyl (C=O) groups is 1. The van der Waals surface area contributed by atoms with E-state index in [1.54, 1.807) is 6.07 Å². The van der Waals surface area contributed by atoms with Crippen molar-refractivity contribution >= 4 is 11.7 Å². The molecule has 4 nitrogen and oxygen atoms in total. The molecule has 114 valence electrons. The third kappa shape index (κ3) is 1.92. The summed E-state index contributed by atoms with van der Waals surface area (Å²) in [6, 6.07) is 4.46. The van der Waals surface area contributed by atoms with Crippen LogP contribution < -0.4 is 5.73 Å². The molecule has 3 unspecified atom stereocenters. The van der Waals surface area contributed by atoms with Gasteiger partial charge < -0.3 is 15.6 Å². The molecule has 4 heteroatoms. The minimum absolute atomic E-state index is 0.0171. The van der Waals surface area contributed by atoms with Gasteiger partial charge in [-0.1, -0.05) is 20.8 Å². The van der Waals surface area contributed by atoms with Crippen molar-refractivity contribution in [2.45, 2.75) is 46.1 Å². The van der Waals surface area contributed by atoms with Crippen LogP contribution in [0.4, 0.5) is 5.69 Å². The van der Waals surface area contributed by atoms with Crippen LogP contribution in [0.15, 0.2) is 18.2 Å². The lowest BCUT2D eigenvalue weighted by Gasteiger charge is -2.38. The van der Waals surface area contributed by atoms with E-state index in [-0.39, 0.29) is 28.2 Å². The van der Waals surface area contributed by atoms with Crippen molar-refractivity contribution in [3.63, 3.8) is 0 Å². The number of fused-ring (bicyclic) bond motifs is 2. The molecule has 1 aromatic carbocycles. The molecule has 0 aromatic heterocycles. The highest BCUT2D eigenvalue weighted by Crippen LogP contribution is 2.66. The number of ether oxygens (including phenoxy) is 1. The maximum Gasteiger partial charge on any atom is 0.342 e. The molecule has 0 amide bonds. The third-order valence-corrected chi connectivity index (χ3v) is 6.20. The second-order valence-electron chi connectivity index (χ2n) is 7.28. The maximum absolute atomic E-state index is 12.4. The molecule has 2 saturated carbocycles. The number of carbonyl (C=O) groups excluding carboxylic acids is 1. The summed E-state index contributed by atoms with van der Waals surface area (Å²) in [6.07, 6.45) is 3.13.